The monoisotopic (exact) mass is 244 g/mol. The molecule has 17 heavy (non-hydrogen) atoms. The number of carbonyl (C=O) groups is 2. The van der Waals surface area contributed by atoms with Crippen LogP contribution in [-0.4, -0.2) is 43.4 Å². The first-order valence-electron chi connectivity index (χ1n) is 5.99. The van der Waals surface area contributed by atoms with Crippen LogP contribution in [0.15, 0.2) is 0 Å². The topological polar surface area (TPSA) is 87.7 Å². The Morgan fingerprint density at radius 2 is 1.94 bits per heavy atom. The van der Waals surface area contributed by atoms with E-state index < -0.39 is 5.97 Å². The summed E-state index contributed by atoms with van der Waals surface area (Å²) >= 11 is 0. The lowest BCUT2D eigenvalue weighted by Gasteiger charge is -2.11. The third-order valence-electron chi connectivity index (χ3n) is 2.78. The Hall–Kier alpha value is -1.30. The number of nitrogens with one attached hydrogen (secondary N) is 2. The van der Waals surface area contributed by atoms with E-state index in [9.17, 15) is 9.59 Å². The van der Waals surface area contributed by atoms with Crippen LogP contribution in [-0.2, 0) is 9.53 Å². The van der Waals surface area contributed by atoms with Crippen LogP contribution in [0.5, 0.6) is 0 Å². The van der Waals surface area contributed by atoms with Crippen LogP contribution in [0.4, 0.5) is 4.79 Å². The zero-order valence-electron chi connectivity index (χ0n) is 9.91. The summed E-state index contributed by atoms with van der Waals surface area (Å²) in [5.74, 6) is -0.389. The fourth-order valence-electron chi connectivity index (χ4n) is 1.91. The van der Waals surface area contributed by atoms with Crippen LogP contribution < -0.4 is 10.6 Å². The van der Waals surface area contributed by atoms with Crippen molar-refractivity contribution in [1.29, 1.82) is 0 Å². The highest BCUT2D eigenvalue weighted by Gasteiger charge is 2.15. The molecule has 2 amide bonds. The number of ether oxygens (including phenoxy) is 1. The van der Waals surface area contributed by atoms with Gasteiger partial charge in [0.15, 0.2) is 0 Å². The fourth-order valence-corrected chi connectivity index (χ4v) is 1.91. The lowest BCUT2D eigenvalue weighted by molar-refractivity contribution is -0.142. The highest BCUT2D eigenvalue weighted by molar-refractivity contribution is 5.73. The molecule has 1 aliphatic rings. The molecule has 0 aromatic rings. The molecule has 0 radical (unpaired) electrons. The summed E-state index contributed by atoms with van der Waals surface area (Å²) in [6, 6.07) is -0.212. The van der Waals surface area contributed by atoms with Crippen molar-refractivity contribution in [2.45, 2.75) is 25.7 Å². The summed E-state index contributed by atoms with van der Waals surface area (Å²) in [5, 5.41) is 13.7. The third-order valence-corrected chi connectivity index (χ3v) is 2.78. The SMILES string of the molecule is O=C(O)COCCNC(=O)NCC1CCCC1. The van der Waals surface area contributed by atoms with Crippen molar-refractivity contribution in [3.8, 4) is 0 Å². The van der Waals surface area contributed by atoms with Gasteiger partial charge in [-0.15, -0.1) is 0 Å². The second-order valence-corrected chi connectivity index (χ2v) is 4.23. The van der Waals surface area contributed by atoms with Gasteiger partial charge in [0.1, 0.15) is 6.61 Å². The first kappa shape index (κ1) is 13.8. The fraction of sp³-hybridized carbons (Fsp3) is 0.818. The average molecular weight is 244 g/mol. The van der Waals surface area contributed by atoms with Crippen LogP contribution in [0.1, 0.15) is 25.7 Å². The molecule has 6 heteroatoms. The first-order chi connectivity index (χ1) is 8.18. The predicted octanol–water partition coefficient (Wildman–Crippen LogP) is 0.577. The maximum absolute atomic E-state index is 11.3. The molecule has 0 atom stereocenters. The molecule has 0 aliphatic heterocycles. The Labute approximate surface area is 101 Å². The molecular formula is C11H20N2O4. The quantitative estimate of drug-likeness (QED) is 0.571. The van der Waals surface area contributed by atoms with E-state index in [2.05, 4.69) is 10.6 Å². The maximum atomic E-state index is 11.3. The number of urea groups is 1. The largest absolute Gasteiger partial charge is 0.480 e. The minimum absolute atomic E-state index is 0.211. The summed E-state index contributed by atoms with van der Waals surface area (Å²) in [4.78, 5) is 21.4. The van der Waals surface area contributed by atoms with Gasteiger partial charge in [-0.2, -0.15) is 0 Å². The molecule has 0 aromatic carbocycles. The molecule has 1 aliphatic carbocycles. The van der Waals surface area contributed by atoms with E-state index in [0.29, 0.717) is 12.5 Å². The number of aliphatic carboxylic acids is 1. The van der Waals surface area contributed by atoms with Gasteiger partial charge in [0.05, 0.1) is 6.61 Å². The Kier molecular flexibility index (Phi) is 6.39. The number of hydrogen-bond acceptors (Lipinski definition) is 3. The van der Waals surface area contributed by atoms with Crippen LogP contribution in [0.25, 0.3) is 0 Å². The standard InChI is InChI=1S/C11H20N2O4/c14-10(15)8-17-6-5-12-11(16)13-7-9-3-1-2-4-9/h9H,1-8H2,(H,14,15)(H2,12,13,16). The van der Waals surface area contributed by atoms with Crippen molar-refractivity contribution in [3.63, 3.8) is 0 Å². The summed E-state index contributed by atoms with van der Waals surface area (Å²) in [7, 11) is 0. The predicted molar refractivity (Wildman–Crippen MR) is 61.8 cm³/mol. The summed E-state index contributed by atoms with van der Waals surface area (Å²) < 4.78 is 4.78. The van der Waals surface area contributed by atoms with Crippen molar-refractivity contribution in [3.05, 3.63) is 0 Å². The summed E-state index contributed by atoms with van der Waals surface area (Å²) in [6.07, 6.45) is 4.91. The lowest BCUT2D eigenvalue weighted by Crippen LogP contribution is -2.39. The van der Waals surface area contributed by atoms with E-state index in [1.54, 1.807) is 0 Å². The van der Waals surface area contributed by atoms with Crippen LogP contribution in [0, 0.1) is 5.92 Å². The second-order valence-electron chi connectivity index (χ2n) is 4.23. The van der Waals surface area contributed by atoms with Gasteiger partial charge in [-0.25, -0.2) is 9.59 Å². The first-order valence-corrected chi connectivity index (χ1v) is 5.99. The Bertz CT molecular complexity index is 252. The Morgan fingerprint density at radius 3 is 2.59 bits per heavy atom. The summed E-state index contributed by atoms with van der Waals surface area (Å²) in [5.41, 5.74) is 0. The van der Waals surface area contributed by atoms with E-state index in [0.717, 1.165) is 6.54 Å². The Balaban J connectivity index is 1.92. The molecular weight excluding hydrogens is 224 g/mol. The second kappa shape index (κ2) is 7.89. The number of carbonyl (C=O) groups excluding carboxylic acids is 1. The van der Waals surface area contributed by atoms with E-state index in [1.807, 2.05) is 0 Å². The van der Waals surface area contributed by atoms with Gasteiger partial charge in [-0.05, 0) is 18.8 Å². The zero-order chi connectivity index (χ0) is 12.5. The highest BCUT2D eigenvalue weighted by Crippen LogP contribution is 2.23. The van der Waals surface area contributed by atoms with Gasteiger partial charge in [0.2, 0.25) is 0 Å². The molecule has 0 heterocycles. The molecule has 6 nitrogen and oxygen atoms in total. The summed E-state index contributed by atoms with van der Waals surface area (Å²) in [6.45, 7) is 0.931. The Morgan fingerprint density at radius 1 is 1.24 bits per heavy atom. The van der Waals surface area contributed by atoms with Crippen molar-refractivity contribution in [2.24, 2.45) is 5.92 Å². The van der Waals surface area contributed by atoms with Gasteiger partial charge in [0, 0.05) is 13.1 Å². The third kappa shape index (κ3) is 6.78. The van der Waals surface area contributed by atoms with E-state index >= 15 is 0 Å². The molecule has 0 bridgehead atoms. The van der Waals surface area contributed by atoms with Crippen LogP contribution in [0.3, 0.4) is 0 Å². The van der Waals surface area contributed by atoms with Gasteiger partial charge in [0.25, 0.3) is 0 Å². The van der Waals surface area contributed by atoms with Crippen molar-refractivity contribution in [1.82, 2.24) is 10.6 Å². The zero-order valence-corrected chi connectivity index (χ0v) is 9.91. The normalized spacial score (nSPS) is 15.8. The minimum atomic E-state index is -1.00. The molecule has 98 valence electrons. The molecule has 0 aromatic heterocycles. The highest BCUT2D eigenvalue weighted by atomic mass is 16.5. The van der Waals surface area contributed by atoms with Crippen LogP contribution in [0.2, 0.25) is 0 Å². The average Bonchev–Trinajstić information content (AvgIpc) is 2.78. The van der Waals surface area contributed by atoms with Gasteiger partial charge < -0.3 is 20.5 Å². The van der Waals surface area contributed by atoms with Crippen molar-refractivity contribution >= 4 is 12.0 Å². The molecule has 0 unspecified atom stereocenters. The smallest absolute Gasteiger partial charge is 0.329 e. The van der Waals surface area contributed by atoms with Gasteiger partial charge in [-0.1, -0.05) is 12.8 Å². The number of hydrogen-bond donors (Lipinski definition) is 3. The molecule has 0 spiro atoms. The number of rotatable bonds is 7. The number of carboxylic acid groups (broad SMARTS) is 1. The van der Waals surface area contributed by atoms with Crippen molar-refractivity contribution < 1.29 is 19.4 Å². The molecule has 1 fully saturated rings. The van der Waals surface area contributed by atoms with Gasteiger partial charge >= 0.3 is 12.0 Å². The molecule has 0 saturated heterocycles. The van der Waals surface area contributed by atoms with E-state index in [4.69, 9.17) is 9.84 Å². The molecule has 3 N–H and O–H groups in total. The van der Waals surface area contributed by atoms with E-state index in [1.165, 1.54) is 25.7 Å². The maximum Gasteiger partial charge on any atom is 0.329 e. The minimum Gasteiger partial charge on any atom is -0.480 e. The van der Waals surface area contributed by atoms with Crippen molar-refractivity contribution in [2.75, 3.05) is 26.3 Å². The number of amides is 2. The van der Waals surface area contributed by atoms with E-state index in [-0.39, 0.29) is 19.2 Å². The van der Waals surface area contributed by atoms with Gasteiger partial charge in [-0.3, -0.25) is 0 Å². The molecule has 1 saturated carbocycles. The lowest BCUT2D eigenvalue weighted by atomic mass is 10.1. The molecule has 1 rings (SSSR count). The number of carboxylic acids is 1. The van der Waals surface area contributed by atoms with Crippen LogP contribution >= 0.6 is 0 Å².